The molecule has 3 rings (SSSR count). The summed E-state index contributed by atoms with van der Waals surface area (Å²) in [7, 11) is 0. The maximum Gasteiger partial charge on any atom is 0.255 e. The molecule has 0 aliphatic rings. The maximum absolute atomic E-state index is 13.4. The fraction of sp³-hybridized carbons (Fsp3) is 0. The van der Waals surface area contributed by atoms with Gasteiger partial charge in [0.05, 0.1) is 0 Å². The van der Waals surface area contributed by atoms with Crippen molar-refractivity contribution in [3.8, 4) is 11.8 Å². The minimum atomic E-state index is -0.477. The molecule has 25 heavy (non-hydrogen) atoms. The molecule has 0 saturated heterocycles. The van der Waals surface area contributed by atoms with Crippen LogP contribution in [0.1, 0.15) is 21.6 Å². The summed E-state index contributed by atoms with van der Waals surface area (Å²) in [4.78, 5) is 16.4. The topological polar surface area (TPSA) is 42.0 Å². The molecule has 0 aliphatic carbocycles. The Balaban J connectivity index is 1.78. The highest BCUT2D eigenvalue weighted by Crippen LogP contribution is 2.17. The summed E-state index contributed by atoms with van der Waals surface area (Å²) >= 11 is 3.18. The average Bonchev–Trinajstić information content (AvgIpc) is 2.60. The predicted molar refractivity (Wildman–Crippen MR) is 98.7 cm³/mol. The van der Waals surface area contributed by atoms with Gasteiger partial charge in [-0.3, -0.25) is 4.79 Å². The van der Waals surface area contributed by atoms with Gasteiger partial charge in [-0.25, -0.2) is 9.37 Å². The first kappa shape index (κ1) is 16.9. The Morgan fingerprint density at radius 1 is 1.04 bits per heavy atom. The smallest absolute Gasteiger partial charge is 0.255 e. The summed E-state index contributed by atoms with van der Waals surface area (Å²) in [6.07, 6.45) is 1.68. The molecule has 3 aromatic rings. The van der Waals surface area contributed by atoms with E-state index in [0.717, 1.165) is 5.56 Å². The standard InChI is InChI=1S/C20H12BrFN2O/c21-16-11-15(12-17(22)13-16)20(25)24-19-6-3-4-14(10-19)7-8-18-5-1-2-9-23-18/h1-6,9-13H,(H,24,25). The molecule has 3 nitrogen and oxygen atoms in total. The molecule has 0 radical (unpaired) electrons. The van der Waals surface area contributed by atoms with Gasteiger partial charge in [0, 0.05) is 27.5 Å². The van der Waals surface area contributed by atoms with Crippen molar-refractivity contribution in [2.45, 2.75) is 0 Å². The Morgan fingerprint density at radius 2 is 1.92 bits per heavy atom. The molecule has 0 bridgehead atoms. The Labute approximate surface area is 153 Å². The molecule has 1 heterocycles. The molecule has 0 atom stereocenters. The van der Waals surface area contributed by atoms with Crippen LogP contribution >= 0.6 is 15.9 Å². The molecule has 0 aliphatic heterocycles. The first-order valence-corrected chi connectivity index (χ1v) is 8.20. The van der Waals surface area contributed by atoms with Crippen molar-refractivity contribution in [1.82, 2.24) is 4.98 Å². The lowest BCUT2D eigenvalue weighted by Crippen LogP contribution is -2.12. The van der Waals surface area contributed by atoms with Crippen molar-refractivity contribution >= 4 is 27.5 Å². The number of nitrogens with one attached hydrogen (secondary N) is 1. The van der Waals surface area contributed by atoms with Gasteiger partial charge in [0.25, 0.3) is 5.91 Å². The molecule has 1 N–H and O–H groups in total. The fourth-order valence-corrected chi connectivity index (χ4v) is 2.60. The number of nitrogens with zero attached hydrogens (tertiary/aromatic N) is 1. The number of pyridine rings is 1. The molecule has 0 saturated carbocycles. The van der Waals surface area contributed by atoms with E-state index in [9.17, 15) is 9.18 Å². The van der Waals surface area contributed by atoms with Crippen molar-refractivity contribution in [3.63, 3.8) is 0 Å². The van der Waals surface area contributed by atoms with Gasteiger partial charge in [0.15, 0.2) is 0 Å². The zero-order chi connectivity index (χ0) is 17.6. The van der Waals surface area contributed by atoms with Gasteiger partial charge < -0.3 is 5.32 Å². The number of carbonyl (C=O) groups is 1. The summed E-state index contributed by atoms with van der Waals surface area (Å²) in [5.74, 6) is 5.09. The third-order valence-electron chi connectivity index (χ3n) is 3.24. The summed E-state index contributed by atoms with van der Waals surface area (Å²) < 4.78 is 13.9. The second kappa shape index (κ2) is 7.73. The van der Waals surface area contributed by atoms with Gasteiger partial charge in [-0.2, -0.15) is 0 Å². The third kappa shape index (κ3) is 4.75. The second-order valence-electron chi connectivity index (χ2n) is 5.16. The molecule has 1 aromatic heterocycles. The number of rotatable bonds is 2. The molecule has 1 amide bonds. The summed E-state index contributed by atoms with van der Waals surface area (Å²) in [6.45, 7) is 0. The van der Waals surface area contributed by atoms with Crippen molar-refractivity contribution in [2.24, 2.45) is 0 Å². The first-order chi connectivity index (χ1) is 12.1. The second-order valence-corrected chi connectivity index (χ2v) is 6.07. The van der Waals surface area contributed by atoms with Crippen molar-refractivity contribution in [2.75, 3.05) is 5.32 Å². The van der Waals surface area contributed by atoms with E-state index in [4.69, 9.17) is 0 Å². The van der Waals surface area contributed by atoms with Crippen LogP contribution in [0.5, 0.6) is 0 Å². The highest BCUT2D eigenvalue weighted by atomic mass is 79.9. The summed E-state index contributed by atoms with van der Waals surface area (Å²) in [5.41, 5.74) is 2.22. The van der Waals surface area contributed by atoms with Gasteiger partial charge in [0.1, 0.15) is 11.5 Å². The minimum Gasteiger partial charge on any atom is -0.322 e. The first-order valence-electron chi connectivity index (χ1n) is 7.41. The van der Waals surface area contributed by atoms with Gasteiger partial charge in [-0.1, -0.05) is 34.0 Å². The summed E-state index contributed by atoms with van der Waals surface area (Å²) in [5, 5.41) is 2.74. The van der Waals surface area contributed by atoms with E-state index in [1.54, 1.807) is 30.5 Å². The van der Waals surface area contributed by atoms with E-state index in [2.05, 4.69) is 38.1 Å². The Morgan fingerprint density at radius 3 is 2.68 bits per heavy atom. The number of carbonyl (C=O) groups excluding carboxylic acids is 1. The predicted octanol–water partition coefficient (Wildman–Crippen LogP) is 4.64. The monoisotopic (exact) mass is 394 g/mol. The van der Waals surface area contributed by atoms with Gasteiger partial charge in [-0.05, 0) is 54.5 Å². The SMILES string of the molecule is O=C(Nc1cccc(C#Cc2ccccn2)c1)c1cc(F)cc(Br)c1. The molecule has 0 unspecified atom stereocenters. The molecule has 0 spiro atoms. The van der Waals surface area contributed by atoms with E-state index in [1.807, 2.05) is 24.3 Å². The van der Waals surface area contributed by atoms with Crippen LogP contribution in [0.4, 0.5) is 10.1 Å². The van der Waals surface area contributed by atoms with Crippen LogP contribution in [0.3, 0.4) is 0 Å². The number of halogens is 2. The highest BCUT2D eigenvalue weighted by Gasteiger charge is 2.09. The number of aromatic nitrogens is 1. The Bertz CT molecular complexity index is 957. The largest absolute Gasteiger partial charge is 0.322 e. The molecule has 2 aromatic carbocycles. The van der Waals surface area contributed by atoms with Crippen molar-refractivity contribution in [1.29, 1.82) is 0 Å². The van der Waals surface area contributed by atoms with Crippen LogP contribution in [0.15, 0.2) is 71.3 Å². The van der Waals surface area contributed by atoms with E-state index in [1.165, 1.54) is 12.1 Å². The average molecular weight is 395 g/mol. The molecular weight excluding hydrogens is 383 g/mol. The van der Waals surface area contributed by atoms with Gasteiger partial charge in [-0.15, -0.1) is 0 Å². The number of hydrogen-bond acceptors (Lipinski definition) is 2. The van der Waals surface area contributed by atoms with Crippen LogP contribution in [0.25, 0.3) is 0 Å². The lowest BCUT2D eigenvalue weighted by Gasteiger charge is -2.06. The van der Waals surface area contributed by atoms with Crippen LogP contribution in [0.2, 0.25) is 0 Å². The Hall–Kier alpha value is -2.97. The number of benzene rings is 2. The summed E-state index contributed by atoms with van der Waals surface area (Å²) in [6, 6.07) is 16.7. The lowest BCUT2D eigenvalue weighted by atomic mass is 10.1. The third-order valence-corrected chi connectivity index (χ3v) is 3.70. The van der Waals surface area contributed by atoms with Gasteiger partial charge in [0.2, 0.25) is 0 Å². The van der Waals surface area contributed by atoms with Crippen molar-refractivity contribution in [3.05, 3.63) is 94.0 Å². The minimum absolute atomic E-state index is 0.233. The van der Waals surface area contributed by atoms with E-state index in [-0.39, 0.29) is 5.56 Å². The van der Waals surface area contributed by atoms with Crippen LogP contribution in [-0.2, 0) is 0 Å². The van der Waals surface area contributed by atoms with Crippen molar-refractivity contribution < 1.29 is 9.18 Å². The fourth-order valence-electron chi connectivity index (χ4n) is 2.14. The number of hydrogen-bond donors (Lipinski definition) is 1. The number of amides is 1. The normalized spacial score (nSPS) is 9.84. The molecular formula is C20H12BrFN2O. The van der Waals surface area contributed by atoms with Gasteiger partial charge >= 0.3 is 0 Å². The zero-order valence-corrected chi connectivity index (χ0v) is 14.5. The van der Waals surface area contributed by atoms with Crippen LogP contribution < -0.4 is 5.32 Å². The Kier molecular flexibility index (Phi) is 5.22. The molecule has 5 heteroatoms. The molecule has 0 fully saturated rings. The quantitative estimate of drug-likeness (QED) is 0.643. The van der Waals surface area contributed by atoms with Crippen LogP contribution in [0, 0.1) is 17.7 Å². The lowest BCUT2D eigenvalue weighted by molar-refractivity contribution is 0.102. The maximum atomic E-state index is 13.4. The van der Waals surface area contributed by atoms with E-state index < -0.39 is 11.7 Å². The number of anilines is 1. The van der Waals surface area contributed by atoms with Crippen LogP contribution in [-0.4, -0.2) is 10.9 Å². The zero-order valence-electron chi connectivity index (χ0n) is 13.0. The molecule has 122 valence electrons. The van der Waals surface area contributed by atoms with E-state index >= 15 is 0 Å². The highest BCUT2D eigenvalue weighted by molar-refractivity contribution is 9.10. The van der Waals surface area contributed by atoms with E-state index in [0.29, 0.717) is 15.9 Å².